The summed E-state index contributed by atoms with van der Waals surface area (Å²) < 4.78 is 10.4. The first kappa shape index (κ1) is 28.8. The lowest BCUT2D eigenvalue weighted by Crippen LogP contribution is -2.31. The predicted molar refractivity (Wildman–Crippen MR) is 147 cm³/mol. The number of carbonyl (C=O) groups is 4. The van der Waals surface area contributed by atoms with E-state index in [1.165, 1.54) is 0 Å². The number of carbonyl (C=O) groups excluding carboxylic acids is 4. The largest absolute Gasteiger partial charge is 0.462 e. The second-order valence-corrected chi connectivity index (χ2v) is 11.3. The molecule has 0 N–H and O–H groups in total. The van der Waals surface area contributed by atoms with Crippen LogP contribution in [-0.2, 0) is 39.5 Å². The quantitative estimate of drug-likeness (QED) is 0.275. The van der Waals surface area contributed by atoms with Crippen molar-refractivity contribution in [3.63, 3.8) is 0 Å². The monoisotopic (exact) mass is 516 g/mol. The lowest BCUT2D eigenvalue weighted by Gasteiger charge is -2.24. The number of esters is 2. The number of ketones is 2. The molecule has 0 aliphatic heterocycles. The van der Waals surface area contributed by atoms with Crippen LogP contribution in [0.1, 0.15) is 77.6 Å². The van der Waals surface area contributed by atoms with Crippen molar-refractivity contribution in [1.82, 2.24) is 0 Å². The second kappa shape index (κ2) is 10.9. The summed E-state index contributed by atoms with van der Waals surface area (Å²) in [6.45, 7) is 15.6. The van der Waals surface area contributed by atoms with Gasteiger partial charge in [-0.2, -0.15) is 0 Å². The van der Waals surface area contributed by atoms with E-state index in [0.717, 1.165) is 11.1 Å². The van der Waals surface area contributed by atoms with Gasteiger partial charge in [-0.05, 0) is 46.9 Å². The minimum absolute atomic E-state index is 0.0180. The van der Waals surface area contributed by atoms with E-state index in [-0.39, 0.29) is 46.3 Å². The Morgan fingerprint density at radius 1 is 0.579 bits per heavy atom. The van der Waals surface area contributed by atoms with E-state index in [0.29, 0.717) is 11.1 Å². The summed E-state index contributed by atoms with van der Waals surface area (Å²) in [6, 6.07) is 14.1. The lowest BCUT2D eigenvalue weighted by molar-refractivity contribution is -0.142. The van der Waals surface area contributed by atoms with Crippen molar-refractivity contribution in [2.24, 2.45) is 0 Å². The molecule has 3 rings (SSSR count). The standard InChI is InChI=1S/C32H36O6/c1-9-37-29(35)25-23(19-11-15-21(16-12-19)31(3,4)5)28(34)26(30(36)38-10-2)24(27(25)33)20-13-17-22(18-14-20)32(6,7)8/h11-18H,9-10H2,1-8H3. The molecule has 0 unspecified atom stereocenters. The van der Waals surface area contributed by atoms with Crippen LogP contribution in [0.2, 0.25) is 0 Å². The van der Waals surface area contributed by atoms with E-state index < -0.39 is 23.5 Å². The first-order valence-electron chi connectivity index (χ1n) is 12.9. The highest BCUT2D eigenvalue weighted by molar-refractivity contribution is 6.57. The number of hydrogen-bond donors (Lipinski definition) is 0. The Bertz CT molecular complexity index is 1220. The molecule has 0 saturated heterocycles. The van der Waals surface area contributed by atoms with Crippen molar-refractivity contribution >= 4 is 34.7 Å². The van der Waals surface area contributed by atoms with Gasteiger partial charge in [0.2, 0.25) is 11.6 Å². The zero-order valence-corrected chi connectivity index (χ0v) is 23.5. The van der Waals surface area contributed by atoms with E-state index in [1.807, 2.05) is 24.3 Å². The van der Waals surface area contributed by atoms with Crippen LogP contribution in [0.25, 0.3) is 11.1 Å². The molecule has 0 fully saturated rings. The molecule has 0 bridgehead atoms. The first-order valence-corrected chi connectivity index (χ1v) is 12.9. The van der Waals surface area contributed by atoms with Crippen molar-refractivity contribution in [3.8, 4) is 0 Å². The van der Waals surface area contributed by atoms with Crippen LogP contribution in [0, 0.1) is 0 Å². The third-order valence-electron chi connectivity index (χ3n) is 6.45. The molecule has 1 aliphatic carbocycles. The van der Waals surface area contributed by atoms with Crippen LogP contribution < -0.4 is 0 Å². The van der Waals surface area contributed by atoms with Crippen LogP contribution in [0.5, 0.6) is 0 Å². The molecule has 0 spiro atoms. The number of ether oxygens (including phenoxy) is 2. The van der Waals surface area contributed by atoms with Crippen LogP contribution >= 0.6 is 0 Å². The minimum atomic E-state index is -0.910. The predicted octanol–water partition coefficient (Wildman–Crippen LogP) is 5.77. The molecular formula is C32H36O6. The van der Waals surface area contributed by atoms with E-state index in [1.54, 1.807) is 38.1 Å². The molecule has 38 heavy (non-hydrogen) atoms. The number of allylic oxidation sites excluding steroid dienone is 2. The van der Waals surface area contributed by atoms with Gasteiger partial charge in [-0.1, -0.05) is 90.1 Å². The summed E-state index contributed by atoms with van der Waals surface area (Å²) in [7, 11) is 0. The van der Waals surface area contributed by atoms with Gasteiger partial charge in [-0.15, -0.1) is 0 Å². The van der Waals surface area contributed by atoms with Crippen molar-refractivity contribution in [1.29, 1.82) is 0 Å². The summed E-state index contributed by atoms with van der Waals surface area (Å²) in [4.78, 5) is 54.3. The maximum Gasteiger partial charge on any atom is 0.342 e. The van der Waals surface area contributed by atoms with Gasteiger partial charge in [0.15, 0.2) is 0 Å². The van der Waals surface area contributed by atoms with Gasteiger partial charge < -0.3 is 9.47 Å². The molecule has 0 atom stereocenters. The molecule has 2 aromatic rings. The summed E-state index contributed by atoms with van der Waals surface area (Å²) in [5.74, 6) is -3.31. The van der Waals surface area contributed by atoms with Gasteiger partial charge in [0.05, 0.1) is 13.2 Å². The van der Waals surface area contributed by atoms with E-state index >= 15 is 0 Å². The van der Waals surface area contributed by atoms with Crippen LogP contribution in [-0.4, -0.2) is 36.7 Å². The maximum atomic E-state index is 14.0. The van der Waals surface area contributed by atoms with Gasteiger partial charge >= 0.3 is 11.9 Å². The minimum Gasteiger partial charge on any atom is -0.462 e. The molecule has 0 aromatic heterocycles. The van der Waals surface area contributed by atoms with Crippen LogP contribution in [0.15, 0.2) is 59.7 Å². The normalized spacial score (nSPS) is 14.6. The molecule has 6 nitrogen and oxygen atoms in total. The van der Waals surface area contributed by atoms with Crippen molar-refractivity contribution in [2.45, 2.75) is 66.2 Å². The number of Topliss-reactive ketones (excluding diaryl/α,β-unsaturated/α-hetero) is 2. The fraction of sp³-hybridized carbons (Fsp3) is 0.375. The van der Waals surface area contributed by atoms with Crippen molar-refractivity contribution in [3.05, 3.63) is 81.9 Å². The average Bonchev–Trinajstić information content (AvgIpc) is 2.84. The van der Waals surface area contributed by atoms with E-state index in [2.05, 4.69) is 41.5 Å². The molecule has 6 heteroatoms. The third kappa shape index (κ3) is 5.69. The zero-order chi connectivity index (χ0) is 28.4. The fourth-order valence-electron chi connectivity index (χ4n) is 4.32. The Labute approximate surface area is 224 Å². The SMILES string of the molecule is CCOC(=O)C1=C(c2ccc(C(C)(C)C)cc2)C(=O)C(C(=O)OCC)=C(c2ccc(C(C)(C)C)cc2)C1=O. The Kier molecular flexibility index (Phi) is 8.25. The van der Waals surface area contributed by atoms with Gasteiger partial charge in [-0.25, -0.2) is 9.59 Å². The molecule has 0 heterocycles. The Hall–Kier alpha value is -3.80. The highest BCUT2D eigenvalue weighted by atomic mass is 16.5. The molecule has 2 aromatic carbocycles. The maximum absolute atomic E-state index is 14.0. The molecule has 1 aliphatic rings. The topological polar surface area (TPSA) is 86.7 Å². The molecular weight excluding hydrogens is 480 g/mol. The number of hydrogen-bond acceptors (Lipinski definition) is 6. The summed E-state index contributed by atoms with van der Waals surface area (Å²) in [6.07, 6.45) is 0. The second-order valence-electron chi connectivity index (χ2n) is 11.3. The smallest absolute Gasteiger partial charge is 0.342 e. The summed E-state index contributed by atoms with van der Waals surface area (Å²) in [5.41, 5.74) is 1.33. The molecule has 0 amide bonds. The van der Waals surface area contributed by atoms with Gasteiger partial charge in [0.25, 0.3) is 0 Å². The number of rotatable bonds is 6. The number of benzene rings is 2. The molecule has 0 saturated carbocycles. The van der Waals surface area contributed by atoms with Gasteiger partial charge in [-0.3, -0.25) is 9.59 Å². The third-order valence-corrected chi connectivity index (χ3v) is 6.45. The summed E-state index contributed by atoms with van der Waals surface area (Å²) >= 11 is 0. The van der Waals surface area contributed by atoms with Crippen molar-refractivity contribution in [2.75, 3.05) is 13.2 Å². The lowest BCUT2D eigenvalue weighted by atomic mass is 9.77. The van der Waals surface area contributed by atoms with Gasteiger partial charge in [0.1, 0.15) is 11.1 Å². The molecule has 0 radical (unpaired) electrons. The zero-order valence-electron chi connectivity index (χ0n) is 23.5. The van der Waals surface area contributed by atoms with E-state index in [4.69, 9.17) is 9.47 Å². The average molecular weight is 517 g/mol. The van der Waals surface area contributed by atoms with Crippen LogP contribution in [0.3, 0.4) is 0 Å². The summed E-state index contributed by atoms with van der Waals surface area (Å²) in [5, 5.41) is 0. The van der Waals surface area contributed by atoms with Crippen molar-refractivity contribution < 1.29 is 28.7 Å². The molecule has 200 valence electrons. The first-order chi connectivity index (χ1) is 17.7. The van der Waals surface area contributed by atoms with Gasteiger partial charge in [0, 0.05) is 11.1 Å². The van der Waals surface area contributed by atoms with E-state index in [9.17, 15) is 19.2 Å². The van der Waals surface area contributed by atoms with Crippen LogP contribution in [0.4, 0.5) is 0 Å². The Balaban J connectivity index is 2.30. The Morgan fingerprint density at radius 2 is 0.868 bits per heavy atom. The highest BCUT2D eigenvalue weighted by Gasteiger charge is 2.43. The highest BCUT2D eigenvalue weighted by Crippen LogP contribution is 2.38. The fourth-order valence-corrected chi connectivity index (χ4v) is 4.32. The Morgan fingerprint density at radius 3 is 1.11 bits per heavy atom.